The Hall–Kier alpha value is -2.16. The van der Waals surface area contributed by atoms with Gasteiger partial charge in [-0.25, -0.2) is 4.98 Å². The number of nitrogens with one attached hydrogen (secondary N) is 1. The van der Waals surface area contributed by atoms with Crippen molar-refractivity contribution in [2.24, 2.45) is 5.92 Å². The van der Waals surface area contributed by atoms with Crippen molar-refractivity contribution in [3.8, 4) is 0 Å². The third kappa shape index (κ3) is 3.98. The van der Waals surface area contributed by atoms with Crippen LogP contribution in [0.1, 0.15) is 30.2 Å². The molecule has 9 heteroatoms. The van der Waals surface area contributed by atoms with Gasteiger partial charge in [0.15, 0.2) is 0 Å². The molecule has 2 aromatic heterocycles. The molecule has 0 radical (unpaired) electrons. The van der Waals surface area contributed by atoms with Gasteiger partial charge in [-0.15, -0.1) is 0 Å². The molecule has 0 amide bonds. The van der Waals surface area contributed by atoms with Gasteiger partial charge in [-0.3, -0.25) is 4.90 Å². The molecule has 142 valence electrons. The predicted octanol–water partition coefficient (Wildman–Crippen LogP) is 3.57. The van der Waals surface area contributed by atoms with Crippen LogP contribution in [0.15, 0.2) is 4.42 Å². The largest absolute Gasteiger partial charge is 0.444 e. The normalized spacial score (nSPS) is 16.2. The van der Waals surface area contributed by atoms with E-state index in [1.165, 1.54) is 0 Å². The number of aryl methyl sites for hydroxylation is 2. The van der Waals surface area contributed by atoms with Gasteiger partial charge in [-0.1, -0.05) is 0 Å². The highest BCUT2D eigenvalue weighted by Gasteiger charge is 2.24. The Balaban J connectivity index is 1.52. The van der Waals surface area contributed by atoms with Crippen LogP contribution in [0.25, 0.3) is 0 Å². The number of aromatic nitrogens is 2. The van der Waals surface area contributed by atoms with Gasteiger partial charge in [0.05, 0.1) is 12.2 Å². The molecule has 1 fully saturated rings. The van der Waals surface area contributed by atoms with Crippen molar-refractivity contribution in [3.63, 3.8) is 0 Å². The summed E-state index contributed by atoms with van der Waals surface area (Å²) >= 11 is 0. The number of rotatable bonds is 5. The van der Waals surface area contributed by atoms with Crippen LogP contribution in [0.2, 0.25) is 0 Å². The summed E-state index contributed by atoms with van der Waals surface area (Å²) in [7, 11) is 0. The van der Waals surface area contributed by atoms with E-state index in [0.29, 0.717) is 12.4 Å². The maximum Gasteiger partial charge on any atom is 0.253 e. The molecule has 0 unspecified atom stereocenters. The van der Waals surface area contributed by atoms with Gasteiger partial charge in [0.1, 0.15) is 11.4 Å². The molecule has 3 rings (SSSR count). The molecule has 1 N–H and O–H groups in total. The van der Waals surface area contributed by atoms with E-state index in [0.717, 1.165) is 37.4 Å². The average Bonchev–Trinajstić information content (AvgIpc) is 2.92. The number of nitrogens with zero attached hydrogens (tertiary/aromatic N) is 3. The third-order valence-corrected chi connectivity index (χ3v) is 4.70. The van der Waals surface area contributed by atoms with Crippen LogP contribution in [-0.4, -0.2) is 34.5 Å². The van der Waals surface area contributed by atoms with Gasteiger partial charge in [-0.05, 0) is 45.7 Å². The van der Waals surface area contributed by atoms with Crippen LogP contribution in [-0.2, 0) is 6.54 Å². The molecule has 2 aromatic rings. The zero-order chi connectivity index (χ0) is 18.8. The summed E-state index contributed by atoms with van der Waals surface area (Å²) in [5, 5.41) is 2.49. The van der Waals surface area contributed by atoms with Crippen LogP contribution in [0.4, 0.5) is 23.2 Å². The van der Waals surface area contributed by atoms with E-state index in [1.807, 2.05) is 13.8 Å². The van der Waals surface area contributed by atoms with E-state index < -0.39 is 29.2 Å². The highest BCUT2D eigenvalue weighted by atomic mass is 19.2. The molecular weight excluding hydrogens is 352 g/mol. The number of hydrogen-bond acceptors (Lipinski definition) is 5. The minimum absolute atomic E-state index is 0.136. The molecule has 0 bridgehead atoms. The number of anilines is 1. The molecule has 0 aromatic carbocycles. The zero-order valence-electron chi connectivity index (χ0n) is 14.6. The fourth-order valence-corrected chi connectivity index (χ4v) is 3.04. The second kappa shape index (κ2) is 7.61. The van der Waals surface area contributed by atoms with Gasteiger partial charge in [0.2, 0.25) is 17.5 Å². The Morgan fingerprint density at radius 1 is 1.04 bits per heavy atom. The highest BCUT2D eigenvalue weighted by Crippen LogP contribution is 2.24. The topological polar surface area (TPSA) is 54.2 Å². The number of likely N-dealkylation sites (tertiary alicyclic amines) is 1. The lowest BCUT2D eigenvalue weighted by molar-refractivity contribution is 0.167. The van der Waals surface area contributed by atoms with E-state index in [-0.39, 0.29) is 12.5 Å². The van der Waals surface area contributed by atoms with Crippen molar-refractivity contribution < 1.29 is 22.0 Å². The van der Waals surface area contributed by atoms with Gasteiger partial charge < -0.3 is 9.73 Å². The van der Waals surface area contributed by atoms with Gasteiger partial charge in [0.25, 0.3) is 11.9 Å². The summed E-state index contributed by atoms with van der Waals surface area (Å²) < 4.78 is 59.0. The molecule has 1 saturated heterocycles. The molecule has 0 aliphatic carbocycles. The van der Waals surface area contributed by atoms with Crippen LogP contribution >= 0.6 is 0 Å². The van der Waals surface area contributed by atoms with Crippen molar-refractivity contribution >= 4 is 5.69 Å². The maximum absolute atomic E-state index is 13.6. The SMILES string of the molecule is Cc1nc(CN2CCC(CNc3c(F)c(F)nc(F)c3F)CC2)oc1C. The Bertz CT molecular complexity index is 742. The maximum atomic E-state index is 13.6. The summed E-state index contributed by atoms with van der Waals surface area (Å²) in [6.07, 6.45) is 1.57. The van der Waals surface area contributed by atoms with Gasteiger partial charge in [-0.2, -0.15) is 22.5 Å². The second-order valence-electron chi connectivity index (χ2n) is 6.55. The first-order chi connectivity index (χ1) is 12.3. The van der Waals surface area contributed by atoms with Gasteiger partial charge >= 0.3 is 0 Å². The Kier molecular flexibility index (Phi) is 5.45. The predicted molar refractivity (Wildman–Crippen MR) is 86.5 cm³/mol. The fraction of sp³-hybridized carbons (Fsp3) is 0.529. The lowest BCUT2D eigenvalue weighted by Gasteiger charge is -2.31. The summed E-state index contributed by atoms with van der Waals surface area (Å²) in [5.74, 6) is -4.71. The first-order valence-electron chi connectivity index (χ1n) is 8.44. The van der Waals surface area contributed by atoms with Crippen molar-refractivity contribution in [2.75, 3.05) is 25.0 Å². The number of oxazole rings is 1. The summed E-state index contributed by atoms with van der Waals surface area (Å²) in [4.78, 5) is 9.08. The fourth-order valence-electron chi connectivity index (χ4n) is 3.04. The van der Waals surface area contributed by atoms with E-state index in [2.05, 4.69) is 20.2 Å². The van der Waals surface area contributed by atoms with Crippen LogP contribution in [0.5, 0.6) is 0 Å². The Labute approximate surface area is 148 Å². The van der Waals surface area contributed by atoms with Crippen molar-refractivity contribution in [1.82, 2.24) is 14.9 Å². The standard InChI is InChI=1S/C17H20F4N4O/c1-9-10(2)26-12(23-9)8-25-5-3-11(4-6-25)7-22-15-13(18)16(20)24-17(21)14(15)19/h11H,3-8H2,1-2H3,(H,22,24). The lowest BCUT2D eigenvalue weighted by Crippen LogP contribution is -2.35. The highest BCUT2D eigenvalue weighted by molar-refractivity contribution is 5.45. The molecule has 3 heterocycles. The van der Waals surface area contributed by atoms with Crippen LogP contribution in [0.3, 0.4) is 0 Å². The number of hydrogen-bond donors (Lipinski definition) is 1. The van der Waals surface area contributed by atoms with E-state index in [4.69, 9.17) is 4.42 Å². The third-order valence-electron chi connectivity index (χ3n) is 4.70. The minimum atomic E-state index is -1.65. The molecule has 0 saturated carbocycles. The first-order valence-corrected chi connectivity index (χ1v) is 8.44. The summed E-state index contributed by atoms with van der Waals surface area (Å²) in [5.41, 5.74) is 0.0723. The second-order valence-corrected chi connectivity index (χ2v) is 6.55. The van der Waals surface area contributed by atoms with Crippen molar-refractivity contribution in [2.45, 2.75) is 33.2 Å². The Morgan fingerprint density at radius 2 is 1.65 bits per heavy atom. The summed E-state index contributed by atoms with van der Waals surface area (Å²) in [6.45, 7) is 6.14. The summed E-state index contributed by atoms with van der Waals surface area (Å²) in [6, 6.07) is 0. The quantitative estimate of drug-likeness (QED) is 0.642. The smallest absolute Gasteiger partial charge is 0.253 e. The van der Waals surface area contributed by atoms with E-state index in [9.17, 15) is 17.6 Å². The lowest BCUT2D eigenvalue weighted by atomic mass is 9.96. The molecule has 5 nitrogen and oxygen atoms in total. The molecule has 0 spiro atoms. The molecular formula is C17H20F4N4O. The minimum Gasteiger partial charge on any atom is -0.444 e. The Morgan fingerprint density at radius 3 is 2.19 bits per heavy atom. The van der Waals surface area contributed by atoms with E-state index in [1.54, 1.807) is 0 Å². The van der Waals surface area contributed by atoms with E-state index >= 15 is 0 Å². The molecule has 26 heavy (non-hydrogen) atoms. The molecule has 1 aliphatic heterocycles. The molecule has 0 atom stereocenters. The number of halogens is 4. The monoisotopic (exact) mass is 372 g/mol. The van der Waals surface area contributed by atoms with Crippen molar-refractivity contribution in [1.29, 1.82) is 0 Å². The van der Waals surface area contributed by atoms with Crippen LogP contribution < -0.4 is 5.32 Å². The average molecular weight is 372 g/mol. The first kappa shape index (κ1) is 18.6. The zero-order valence-corrected chi connectivity index (χ0v) is 14.6. The number of pyridine rings is 1. The van der Waals surface area contributed by atoms with Crippen molar-refractivity contribution in [3.05, 3.63) is 40.9 Å². The molecule has 1 aliphatic rings. The van der Waals surface area contributed by atoms with Crippen LogP contribution in [0, 0.1) is 43.3 Å². The van der Waals surface area contributed by atoms with Gasteiger partial charge in [0, 0.05) is 6.54 Å². The number of piperidine rings is 1.